The Morgan fingerprint density at radius 2 is 2.05 bits per heavy atom. The Morgan fingerprint density at radius 1 is 1.41 bits per heavy atom. The van der Waals surface area contributed by atoms with Crippen LogP contribution in [0.15, 0.2) is 23.1 Å². The fourth-order valence-corrected chi connectivity index (χ4v) is 2.15. The third-order valence-corrected chi connectivity index (χ3v) is 3.75. The molecule has 0 aliphatic rings. The van der Waals surface area contributed by atoms with Crippen molar-refractivity contribution in [3.05, 3.63) is 34.2 Å². The van der Waals surface area contributed by atoms with Crippen molar-refractivity contribution >= 4 is 11.9 Å². The predicted molar refractivity (Wildman–Crippen MR) is 83.9 cm³/mol. The lowest BCUT2D eigenvalue weighted by molar-refractivity contribution is -0.143. The minimum absolute atomic E-state index is 0.261. The Labute approximate surface area is 130 Å². The number of carboxylic acids is 1. The quantitative estimate of drug-likeness (QED) is 0.801. The summed E-state index contributed by atoms with van der Waals surface area (Å²) in [7, 11) is 0. The number of hydrogen-bond donors (Lipinski definition) is 2. The van der Waals surface area contributed by atoms with E-state index in [1.165, 1.54) is 10.8 Å². The van der Waals surface area contributed by atoms with Crippen molar-refractivity contribution in [3.63, 3.8) is 0 Å². The third-order valence-electron chi connectivity index (χ3n) is 3.75. The lowest BCUT2D eigenvalue weighted by atomic mass is 10.0. The topological polar surface area (TPSA) is 88.4 Å². The molecular formula is C16H24N2O4. The molecule has 1 heterocycles. The minimum Gasteiger partial charge on any atom is -0.480 e. The van der Waals surface area contributed by atoms with Gasteiger partial charge in [-0.05, 0) is 33.3 Å². The fraction of sp³-hybridized carbons (Fsp3) is 0.562. The molecule has 1 amide bonds. The number of aromatic nitrogens is 1. The highest BCUT2D eigenvalue weighted by atomic mass is 16.4. The summed E-state index contributed by atoms with van der Waals surface area (Å²) in [6.07, 6.45) is 3.47. The Kier molecular flexibility index (Phi) is 5.91. The van der Waals surface area contributed by atoms with Crippen molar-refractivity contribution in [2.45, 2.75) is 58.5 Å². The maximum atomic E-state index is 12.5. The summed E-state index contributed by atoms with van der Waals surface area (Å²) in [5, 5.41) is 11.7. The molecule has 0 aliphatic heterocycles. The molecule has 2 N–H and O–H groups in total. The molecule has 1 aromatic rings. The lowest BCUT2D eigenvalue weighted by Gasteiger charge is -2.28. The van der Waals surface area contributed by atoms with Gasteiger partial charge >= 0.3 is 5.97 Å². The third kappa shape index (κ3) is 3.96. The van der Waals surface area contributed by atoms with Crippen LogP contribution in [0.25, 0.3) is 0 Å². The smallest absolute Gasteiger partial charge is 0.326 e. The monoisotopic (exact) mass is 308 g/mol. The van der Waals surface area contributed by atoms with Gasteiger partial charge < -0.3 is 15.0 Å². The summed E-state index contributed by atoms with van der Waals surface area (Å²) in [6, 6.07) is 2.43. The number of amides is 1. The van der Waals surface area contributed by atoms with Gasteiger partial charge in [0.05, 0.1) is 0 Å². The van der Waals surface area contributed by atoms with Gasteiger partial charge in [-0.2, -0.15) is 0 Å². The van der Waals surface area contributed by atoms with Crippen LogP contribution < -0.4 is 10.9 Å². The summed E-state index contributed by atoms with van der Waals surface area (Å²) < 4.78 is 1.33. The molecule has 1 rings (SSSR count). The van der Waals surface area contributed by atoms with Crippen LogP contribution in [-0.2, 0) is 15.1 Å². The van der Waals surface area contributed by atoms with E-state index in [2.05, 4.69) is 5.32 Å². The van der Waals surface area contributed by atoms with Crippen LogP contribution in [0.2, 0.25) is 0 Å². The normalized spacial score (nSPS) is 12.7. The van der Waals surface area contributed by atoms with Crippen LogP contribution in [0, 0.1) is 6.92 Å². The van der Waals surface area contributed by atoms with E-state index in [-0.39, 0.29) is 5.56 Å². The van der Waals surface area contributed by atoms with Crippen molar-refractivity contribution in [1.82, 2.24) is 9.88 Å². The molecule has 6 heteroatoms. The summed E-state index contributed by atoms with van der Waals surface area (Å²) >= 11 is 0. The summed E-state index contributed by atoms with van der Waals surface area (Å²) in [6.45, 7) is 6.83. The van der Waals surface area contributed by atoms with E-state index in [9.17, 15) is 19.5 Å². The number of aliphatic carboxylic acids is 1. The lowest BCUT2D eigenvalue weighted by Crippen LogP contribution is -2.53. The van der Waals surface area contributed by atoms with Crippen LogP contribution in [0.5, 0.6) is 0 Å². The Morgan fingerprint density at radius 3 is 2.59 bits per heavy atom. The molecule has 6 nitrogen and oxygen atoms in total. The standard InChI is InChI=1S/C16H24N2O4/c1-5-6-9-12(14(20)21)17-15(22)16(3,4)18-10-7-8-11(2)13(18)19/h7-8,10,12H,5-6,9H2,1-4H3,(H,17,22)(H,20,21). The van der Waals surface area contributed by atoms with E-state index < -0.39 is 23.5 Å². The largest absolute Gasteiger partial charge is 0.480 e. The minimum atomic E-state index is -1.16. The molecule has 22 heavy (non-hydrogen) atoms. The average molecular weight is 308 g/mol. The molecule has 1 unspecified atom stereocenters. The summed E-state index contributed by atoms with van der Waals surface area (Å²) in [5.74, 6) is -1.54. The molecule has 0 fully saturated rings. The Hall–Kier alpha value is -2.11. The number of hydrogen-bond acceptors (Lipinski definition) is 3. The van der Waals surface area contributed by atoms with Crippen LogP contribution in [0.1, 0.15) is 45.6 Å². The van der Waals surface area contributed by atoms with E-state index >= 15 is 0 Å². The second-order valence-corrected chi connectivity index (χ2v) is 5.93. The zero-order valence-electron chi connectivity index (χ0n) is 13.5. The Bertz CT molecular complexity index is 604. The molecule has 122 valence electrons. The molecule has 0 aliphatic carbocycles. The van der Waals surface area contributed by atoms with Crippen LogP contribution in [-0.4, -0.2) is 27.6 Å². The average Bonchev–Trinajstić information content (AvgIpc) is 2.45. The van der Waals surface area contributed by atoms with E-state index in [1.54, 1.807) is 32.9 Å². The van der Waals surface area contributed by atoms with Gasteiger partial charge in [0.2, 0.25) is 5.91 Å². The van der Waals surface area contributed by atoms with Crippen LogP contribution in [0.4, 0.5) is 0 Å². The van der Waals surface area contributed by atoms with Gasteiger partial charge in [0.1, 0.15) is 11.6 Å². The van der Waals surface area contributed by atoms with Crippen molar-refractivity contribution in [2.75, 3.05) is 0 Å². The molecule has 1 aromatic heterocycles. The predicted octanol–water partition coefficient (Wildman–Crippen LogP) is 1.65. The molecule has 0 saturated heterocycles. The number of carbonyl (C=O) groups is 2. The fourth-order valence-electron chi connectivity index (χ4n) is 2.15. The number of aryl methyl sites for hydroxylation is 1. The molecular weight excluding hydrogens is 284 g/mol. The Balaban J connectivity index is 3.01. The second-order valence-electron chi connectivity index (χ2n) is 5.93. The van der Waals surface area contributed by atoms with Crippen LogP contribution >= 0.6 is 0 Å². The van der Waals surface area contributed by atoms with Gasteiger partial charge in [0.15, 0.2) is 0 Å². The first kappa shape index (κ1) is 17.9. The zero-order valence-corrected chi connectivity index (χ0v) is 13.5. The highest BCUT2D eigenvalue weighted by Gasteiger charge is 2.33. The first-order valence-corrected chi connectivity index (χ1v) is 7.44. The molecule has 0 aromatic carbocycles. The van der Waals surface area contributed by atoms with Crippen molar-refractivity contribution in [3.8, 4) is 0 Å². The maximum absolute atomic E-state index is 12.5. The van der Waals surface area contributed by atoms with Gasteiger partial charge in [-0.1, -0.05) is 25.8 Å². The van der Waals surface area contributed by atoms with Gasteiger partial charge in [-0.15, -0.1) is 0 Å². The SMILES string of the molecule is CCCCC(NC(=O)C(C)(C)n1cccc(C)c1=O)C(=O)O. The maximum Gasteiger partial charge on any atom is 0.326 e. The number of nitrogens with zero attached hydrogens (tertiary/aromatic N) is 1. The van der Waals surface area contributed by atoms with Crippen molar-refractivity contribution in [2.24, 2.45) is 0 Å². The van der Waals surface area contributed by atoms with Gasteiger partial charge in [-0.3, -0.25) is 9.59 Å². The molecule has 1 atom stereocenters. The van der Waals surface area contributed by atoms with Gasteiger partial charge in [0.25, 0.3) is 5.56 Å². The van der Waals surface area contributed by atoms with Crippen molar-refractivity contribution < 1.29 is 14.7 Å². The number of carboxylic acid groups (broad SMARTS) is 1. The van der Waals surface area contributed by atoms with Crippen LogP contribution in [0.3, 0.4) is 0 Å². The highest BCUT2D eigenvalue weighted by molar-refractivity contribution is 5.88. The van der Waals surface area contributed by atoms with E-state index in [1.807, 2.05) is 6.92 Å². The number of carbonyl (C=O) groups excluding carboxylic acids is 1. The number of unbranched alkanes of at least 4 members (excludes halogenated alkanes) is 1. The number of nitrogens with one attached hydrogen (secondary N) is 1. The van der Waals surface area contributed by atoms with Crippen molar-refractivity contribution in [1.29, 1.82) is 0 Å². The number of pyridine rings is 1. The summed E-state index contributed by atoms with van der Waals surface area (Å²) in [5.41, 5.74) is -0.893. The molecule has 0 saturated carbocycles. The van der Waals surface area contributed by atoms with E-state index in [0.717, 1.165) is 6.42 Å². The zero-order chi connectivity index (χ0) is 16.9. The highest BCUT2D eigenvalue weighted by Crippen LogP contribution is 2.14. The first-order valence-electron chi connectivity index (χ1n) is 7.44. The van der Waals surface area contributed by atoms with E-state index in [4.69, 9.17) is 0 Å². The van der Waals surface area contributed by atoms with Gasteiger partial charge in [0, 0.05) is 11.8 Å². The molecule has 0 bridgehead atoms. The van der Waals surface area contributed by atoms with Gasteiger partial charge in [-0.25, -0.2) is 4.79 Å². The molecule has 0 spiro atoms. The first-order chi connectivity index (χ1) is 10.2. The second kappa shape index (κ2) is 7.24. The summed E-state index contributed by atoms with van der Waals surface area (Å²) in [4.78, 5) is 35.9. The van der Waals surface area contributed by atoms with E-state index in [0.29, 0.717) is 18.4 Å². The number of rotatable bonds is 7. The molecule has 0 radical (unpaired) electrons.